The molecule has 0 saturated carbocycles. The van der Waals surface area contributed by atoms with Crippen molar-refractivity contribution in [2.45, 2.75) is 51.6 Å². The molecule has 0 saturated heterocycles. The zero-order valence-corrected chi connectivity index (χ0v) is 13.4. The van der Waals surface area contributed by atoms with Crippen molar-refractivity contribution in [2.24, 2.45) is 0 Å². The second kappa shape index (κ2) is 12.5. The molecule has 0 aromatic heterocycles. The molecule has 0 aliphatic carbocycles. The molecule has 0 heterocycles. The van der Waals surface area contributed by atoms with Crippen LogP contribution in [0.3, 0.4) is 0 Å². The summed E-state index contributed by atoms with van der Waals surface area (Å²) in [6, 6.07) is 9.32. The summed E-state index contributed by atoms with van der Waals surface area (Å²) in [4.78, 5) is 23.0. The number of hydrogen-bond donors (Lipinski definition) is 3. The number of carbonyl (C=O) groups excluding carboxylic acids is 2. The Kier molecular flexibility index (Phi) is 10.3. The lowest BCUT2D eigenvalue weighted by atomic mass is 10.1. The summed E-state index contributed by atoms with van der Waals surface area (Å²) in [7, 11) is 0. The molecule has 3 N–H and O–H groups in total. The minimum absolute atomic E-state index is 0.163. The monoisotopic (exact) mass is 322 g/mol. The smallest absolute Gasteiger partial charge is 0.426 e. The Balaban J connectivity index is 1.99. The zero-order chi connectivity index (χ0) is 16.8. The number of amides is 2. The molecule has 2 amide bonds. The summed E-state index contributed by atoms with van der Waals surface area (Å²) in [5, 5.41) is 8.65. The fraction of sp³-hybridized carbons (Fsp3) is 0.529. The van der Waals surface area contributed by atoms with Crippen molar-refractivity contribution in [3.63, 3.8) is 0 Å². The first-order chi connectivity index (χ1) is 11.2. The molecule has 1 aromatic rings. The van der Waals surface area contributed by atoms with Gasteiger partial charge in [-0.15, -0.1) is 0 Å². The van der Waals surface area contributed by atoms with Crippen LogP contribution >= 0.6 is 0 Å². The molecule has 23 heavy (non-hydrogen) atoms. The normalized spacial score (nSPS) is 10.1. The molecule has 1 rings (SSSR count). The number of rotatable bonds is 10. The van der Waals surface area contributed by atoms with Crippen molar-refractivity contribution in [2.75, 3.05) is 6.61 Å². The van der Waals surface area contributed by atoms with E-state index < -0.39 is 6.09 Å². The van der Waals surface area contributed by atoms with Crippen molar-refractivity contribution in [3.05, 3.63) is 35.9 Å². The van der Waals surface area contributed by atoms with Crippen LogP contribution in [0.4, 0.5) is 4.79 Å². The number of aliphatic hydroxyl groups is 1. The van der Waals surface area contributed by atoms with Gasteiger partial charge in [0.2, 0.25) is 5.91 Å². The molecule has 128 valence electrons. The maximum Gasteiger partial charge on any atom is 0.426 e. The van der Waals surface area contributed by atoms with Gasteiger partial charge in [-0.1, -0.05) is 56.0 Å². The molecule has 0 unspecified atom stereocenters. The van der Waals surface area contributed by atoms with Crippen molar-refractivity contribution >= 4 is 12.0 Å². The highest BCUT2D eigenvalue weighted by Crippen LogP contribution is 2.06. The average molecular weight is 322 g/mol. The van der Waals surface area contributed by atoms with Crippen molar-refractivity contribution in [3.8, 4) is 0 Å². The Morgan fingerprint density at radius 3 is 2.26 bits per heavy atom. The van der Waals surface area contributed by atoms with E-state index in [1.165, 1.54) is 0 Å². The largest absolute Gasteiger partial charge is 0.443 e. The number of hydrazine groups is 1. The summed E-state index contributed by atoms with van der Waals surface area (Å²) < 4.78 is 4.97. The number of aliphatic hydroxyl groups excluding tert-OH is 1. The van der Waals surface area contributed by atoms with E-state index in [1.807, 2.05) is 30.3 Å². The Labute approximate surface area is 137 Å². The standard InChI is InChI=1S/C17H26N2O4/c20-13-9-4-2-1-3-8-12-16(21)18-19-17(22)23-14-15-10-6-5-7-11-15/h5-7,10-11,20H,1-4,8-9,12-14H2,(H,18,21)(H,19,22). The Hall–Kier alpha value is -2.08. The van der Waals surface area contributed by atoms with Gasteiger partial charge in [0, 0.05) is 13.0 Å². The first-order valence-corrected chi connectivity index (χ1v) is 8.09. The first kappa shape index (κ1) is 19.0. The highest BCUT2D eigenvalue weighted by Gasteiger charge is 2.05. The van der Waals surface area contributed by atoms with E-state index in [0.29, 0.717) is 6.42 Å². The number of ether oxygens (including phenoxy) is 1. The number of benzene rings is 1. The van der Waals surface area contributed by atoms with Gasteiger partial charge < -0.3 is 9.84 Å². The average Bonchev–Trinajstić information content (AvgIpc) is 2.58. The first-order valence-electron chi connectivity index (χ1n) is 8.09. The SMILES string of the molecule is O=C(CCCCCCCCO)NNC(=O)OCc1ccccc1. The highest BCUT2D eigenvalue weighted by molar-refractivity contribution is 5.78. The second-order valence-corrected chi connectivity index (χ2v) is 5.33. The van der Waals surface area contributed by atoms with E-state index >= 15 is 0 Å². The molecule has 0 aliphatic rings. The molecule has 6 heteroatoms. The molecule has 1 aromatic carbocycles. The molecule has 6 nitrogen and oxygen atoms in total. The van der Waals surface area contributed by atoms with E-state index in [-0.39, 0.29) is 19.1 Å². The van der Waals surface area contributed by atoms with Crippen LogP contribution in [-0.2, 0) is 16.1 Å². The summed E-state index contributed by atoms with van der Waals surface area (Å²) >= 11 is 0. The molecule has 0 radical (unpaired) electrons. The van der Waals surface area contributed by atoms with Crippen LogP contribution in [0.2, 0.25) is 0 Å². The summed E-state index contributed by atoms with van der Waals surface area (Å²) in [5.74, 6) is -0.225. The van der Waals surface area contributed by atoms with E-state index in [9.17, 15) is 9.59 Å². The number of carbonyl (C=O) groups is 2. The predicted molar refractivity (Wildman–Crippen MR) is 87.3 cm³/mol. The molecule has 0 fully saturated rings. The zero-order valence-electron chi connectivity index (χ0n) is 13.4. The van der Waals surface area contributed by atoms with Crippen LogP contribution in [0.15, 0.2) is 30.3 Å². The van der Waals surface area contributed by atoms with Gasteiger partial charge in [0.05, 0.1) is 0 Å². The minimum atomic E-state index is -0.675. The Morgan fingerprint density at radius 1 is 0.913 bits per heavy atom. The number of unbranched alkanes of at least 4 members (excludes halogenated alkanes) is 5. The van der Waals surface area contributed by atoms with Crippen molar-refractivity contribution in [1.29, 1.82) is 0 Å². The van der Waals surface area contributed by atoms with E-state index in [0.717, 1.165) is 44.1 Å². The van der Waals surface area contributed by atoms with Gasteiger partial charge in [-0.05, 0) is 18.4 Å². The third kappa shape index (κ3) is 10.3. The van der Waals surface area contributed by atoms with Gasteiger partial charge in [-0.2, -0.15) is 0 Å². The van der Waals surface area contributed by atoms with Gasteiger partial charge >= 0.3 is 6.09 Å². The summed E-state index contributed by atoms with van der Waals surface area (Å²) in [5.41, 5.74) is 5.45. The Morgan fingerprint density at radius 2 is 1.57 bits per heavy atom. The number of hydrogen-bond acceptors (Lipinski definition) is 4. The molecular weight excluding hydrogens is 296 g/mol. The van der Waals surface area contributed by atoms with Crippen LogP contribution in [0.1, 0.15) is 50.5 Å². The quantitative estimate of drug-likeness (QED) is 0.456. The van der Waals surface area contributed by atoms with Crippen LogP contribution in [0.5, 0.6) is 0 Å². The van der Waals surface area contributed by atoms with Crippen LogP contribution in [0, 0.1) is 0 Å². The van der Waals surface area contributed by atoms with Crippen molar-refractivity contribution < 1.29 is 19.4 Å². The van der Waals surface area contributed by atoms with Gasteiger partial charge in [-0.3, -0.25) is 10.2 Å². The lowest BCUT2D eigenvalue weighted by Gasteiger charge is -2.08. The van der Waals surface area contributed by atoms with Crippen molar-refractivity contribution in [1.82, 2.24) is 10.9 Å². The van der Waals surface area contributed by atoms with Gasteiger partial charge in [0.1, 0.15) is 6.61 Å². The maximum atomic E-state index is 11.5. The van der Waals surface area contributed by atoms with Crippen LogP contribution in [-0.4, -0.2) is 23.7 Å². The third-order valence-corrected chi connectivity index (χ3v) is 3.33. The lowest BCUT2D eigenvalue weighted by Crippen LogP contribution is -2.41. The van der Waals surface area contributed by atoms with Gasteiger partial charge in [0.25, 0.3) is 0 Å². The summed E-state index contributed by atoms with van der Waals surface area (Å²) in [6.45, 7) is 0.408. The van der Waals surface area contributed by atoms with Gasteiger partial charge in [0.15, 0.2) is 0 Å². The van der Waals surface area contributed by atoms with E-state index in [4.69, 9.17) is 9.84 Å². The highest BCUT2D eigenvalue weighted by atomic mass is 16.6. The number of nitrogens with one attached hydrogen (secondary N) is 2. The lowest BCUT2D eigenvalue weighted by molar-refractivity contribution is -0.122. The minimum Gasteiger partial charge on any atom is -0.443 e. The van der Waals surface area contributed by atoms with E-state index in [2.05, 4.69) is 10.9 Å². The molecule has 0 aliphatic heterocycles. The molecule has 0 atom stereocenters. The van der Waals surface area contributed by atoms with E-state index in [1.54, 1.807) is 0 Å². The topological polar surface area (TPSA) is 87.7 Å². The molecule has 0 spiro atoms. The third-order valence-electron chi connectivity index (χ3n) is 3.33. The molecular formula is C17H26N2O4. The van der Waals surface area contributed by atoms with Gasteiger partial charge in [-0.25, -0.2) is 10.2 Å². The summed E-state index contributed by atoms with van der Waals surface area (Å²) in [6.07, 6.45) is 5.45. The predicted octanol–water partition coefficient (Wildman–Crippen LogP) is 2.67. The Bertz CT molecular complexity index is 451. The fourth-order valence-electron chi connectivity index (χ4n) is 2.05. The maximum absolute atomic E-state index is 11.5. The second-order valence-electron chi connectivity index (χ2n) is 5.33. The van der Waals surface area contributed by atoms with Crippen LogP contribution < -0.4 is 10.9 Å². The fourth-order valence-corrected chi connectivity index (χ4v) is 2.05. The van der Waals surface area contributed by atoms with Crippen LogP contribution in [0.25, 0.3) is 0 Å². The molecule has 0 bridgehead atoms.